The minimum Gasteiger partial charge on any atom is -0.508 e. The van der Waals surface area contributed by atoms with Crippen LogP contribution >= 0.6 is 0 Å². The van der Waals surface area contributed by atoms with Crippen LogP contribution < -0.4 is 10.6 Å². The number of rotatable bonds is 7. The predicted octanol–water partition coefficient (Wildman–Crippen LogP) is 1.15. The Labute approximate surface area is 124 Å². The normalized spacial score (nSPS) is 17.0. The standard InChI is InChI=1S/C15H22N2O4/c1-21-10-15(5-6-15)9-17-14(20)16-8-13(19)11-3-2-4-12(18)7-11/h2-4,7,13,18-19H,5-6,8-10H2,1H3,(H2,16,17,20)/t13-/m1/s1. The Bertz CT molecular complexity index is 488. The van der Waals surface area contributed by atoms with E-state index in [1.54, 1.807) is 19.2 Å². The van der Waals surface area contributed by atoms with Gasteiger partial charge < -0.3 is 25.6 Å². The molecule has 0 saturated heterocycles. The zero-order chi connectivity index (χ0) is 15.3. The number of ether oxygens (including phenoxy) is 1. The highest BCUT2D eigenvalue weighted by molar-refractivity contribution is 5.73. The predicted molar refractivity (Wildman–Crippen MR) is 78.0 cm³/mol. The molecule has 0 aliphatic heterocycles. The molecule has 0 heterocycles. The van der Waals surface area contributed by atoms with Crippen LogP contribution in [0, 0.1) is 5.41 Å². The average Bonchev–Trinajstić information content (AvgIpc) is 3.23. The lowest BCUT2D eigenvalue weighted by Gasteiger charge is -2.16. The molecule has 6 heteroatoms. The van der Waals surface area contributed by atoms with Crippen molar-refractivity contribution in [2.24, 2.45) is 5.41 Å². The molecule has 21 heavy (non-hydrogen) atoms. The van der Waals surface area contributed by atoms with E-state index in [9.17, 15) is 15.0 Å². The summed E-state index contributed by atoms with van der Waals surface area (Å²) < 4.78 is 5.13. The number of amides is 2. The maximum absolute atomic E-state index is 11.7. The highest BCUT2D eigenvalue weighted by Gasteiger charge is 2.42. The number of carbonyl (C=O) groups is 1. The van der Waals surface area contributed by atoms with Gasteiger partial charge in [-0.3, -0.25) is 0 Å². The number of nitrogens with one attached hydrogen (secondary N) is 2. The number of hydrogen-bond donors (Lipinski definition) is 4. The average molecular weight is 294 g/mol. The quantitative estimate of drug-likeness (QED) is 0.607. The molecule has 0 radical (unpaired) electrons. The number of benzene rings is 1. The monoisotopic (exact) mass is 294 g/mol. The van der Waals surface area contributed by atoms with Crippen LogP contribution in [0.2, 0.25) is 0 Å². The third-order valence-electron chi connectivity index (χ3n) is 3.74. The fourth-order valence-corrected chi connectivity index (χ4v) is 2.22. The number of urea groups is 1. The Morgan fingerprint density at radius 2 is 2.19 bits per heavy atom. The lowest BCUT2D eigenvalue weighted by molar-refractivity contribution is 0.139. The van der Waals surface area contributed by atoms with Crippen molar-refractivity contribution in [1.29, 1.82) is 0 Å². The minimum atomic E-state index is -0.850. The first-order valence-electron chi connectivity index (χ1n) is 7.02. The van der Waals surface area contributed by atoms with E-state index in [0.717, 1.165) is 12.8 Å². The van der Waals surface area contributed by atoms with E-state index in [-0.39, 0.29) is 23.7 Å². The van der Waals surface area contributed by atoms with Crippen molar-refractivity contribution in [3.05, 3.63) is 29.8 Å². The molecule has 4 N–H and O–H groups in total. The fourth-order valence-electron chi connectivity index (χ4n) is 2.22. The lowest BCUT2D eigenvalue weighted by Crippen LogP contribution is -2.41. The molecule has 1 aromatic carbocycles. The molecule has 1 aliphatic carbocycles. The number of aliphatic hydroxyl groups is 1. The van der Waals surface area contributed by atoms with Crippen LogP contribution in [0.3, 0.4) is 0 Å². The SMILES string of the molecule is COCC1(CNC(=O)NC[C@@H](O)c2cccc(O)c2)CC1. The van der Waals surface area contributed by atoms with E-state index in [4.69, 9.17) is 4.74 Å². The number of carbonyl (C=O) groups excluding carboxylic acids is 1. The van der Waals surface area contributed by atoms with E-state index < -0.39 is 6.10 Å². The summed E-state index contributed by atoms with van der Waals surface area (Å²) in [5, 5.41) is 24.7. The number of aromatic hydroxyl groups is 1. The third-order valence-corrected chi connectivity index (χ3v) is 3.74. The summed E-state index contributed by atoms with van der Waals surface area (Å²) >= 11 is 0. The highest BCUT2D eigenvalue weighted by Crippen LogP contribution is 2.44. The molecule has 1 atom stereocenters. The van der Waals surface area contributed by atoms with Gasteiger partial charge >= 0.3 is 6.03 Å². The summed E-state index contributed by atoms with van der Waals surface area (Å²) in [6, 6.07) is 6.04. The molecule has 0 spiro atoms. The van der Waals surface area contributed by atoms with Gasteiger partial charge in [0.25, 0.3) is 0 Å². The molecule has 1 saturated carbocycles. The summed E-state index contributed by atoms with van der Waals surface area (Å²) in [5.74, 6) is 0.0891. The summed E-state index contributed by atoms with van der Waals surface area (Å²) in [6.07, 6.45) is 1.27. The Morgan fingerprint density at radius 1 is 1.43 bits per heavy atom. The Balaban J connectivity index is 1.71. The van der Waals surface area contributed by atoms with Gasteiger partial charge in [-0.1, -0.05) is 12.1 Å². The van der Waals surface area contributed by atoms with Crippen molar-refractivity contribution >= 4 is 6.03 Å². The maximum atomic E-state index is 11.7. The van der Waals surface area contributed by atoms with Crippen LogP contribution in [-0.2, 0) is 4.74 Å². The molecule has 116 valence electrons. The number of hydrogen-bond acceptors (Lipinski definition) is 4. The third kappa shape index (κ3) is 4.61. The summed E-state index contributed by atoms with van der Waals surface area (Å²) in [7, 11) is 1.66. The second-order valence-electron chi connectivity index (χ2n) is 5.61. The number of aliphatic hydroxyl groups excluding tert-OH is 1. The topological polar surface area (TPSA) is 90.8 Å². The van der Waals surface area contributed by atoms with Gasteiger partial charge in [0, 0.05) is 25.6 Å². The molecule has 0 aromatic heterocycles. The summed E-state index contributed by atoms with van der Waals surface area (Å²) in [4.78, 5) is 11.7. The molecular formula is C15H22N2O4. The van der Waals surface area contributed by atoms with Crippen molar-refractivity contribution in [2.75, 3.05) is 26.8 Å². The van der Waals surface area contributed by atoms with Crippen molar-refractivity contribution < 1.29 is 19.7 Å². The van der Waals surface area contributed by atoms with E-state index in [1.165, 1.54) is 12.1 Å². The maximum Gasteiger partial charge on any atom is 0.314 e. The molecule has 6 nitrogen and oxygen atoms in total. The molecule has 1 aromatic rings. The van der Waals surface area contributed by atoms with Gasteiger partial charge in [0.05, 0.1) is 12.7 Å². The highest BCUT2D eigenvalue weighted by atomic mass is 16.5. The van der Waals surface area contributed by atoms with E-state index in [1.807, 2.05) is 0 Å². The molecule has 1 aliphatic rings. The van der Waals surface area contributed by atoms with Crippen LogP contribution in [0.15, 0.2) is 24.3 Å². The van der Waals surface area contributed by atoms with Gasteiger partial charge in [0.2, 0.25) is 0 Å². The number of phenols is 1. The first kappa shape index (κ1) is 15.6. The Kier molecular flexibility index (Phi) is 5.03. The zero-order valence-corrected chi connectivity index (χ0v) is 12.1. The second kappa shape index (κ2) is 6.78. The molecule has 1 fully saturated rings. The van der Waals surface area contributed by atoms with Gasteiger partial charge in [0.15, 0.2) is 0 Å². The van der Waals surface area contributed by atoms with Crippen molar-refractivity contribution in [3.8, 4) is 5.75 Å². The van der Waals surface area contributed by atoms with E-state index >= 15 is 0 Å². The molecular weight excluding hydrogens is 272 g/mol. The minimum absolute atomic E-state index is 0.0891. The van der Waals surface area contributed by atoms with Crippen LogP contribution in [0.1, 0.15) is 24.5 Å². The summed E-state index contributed by atoms with van der Waals surface area (Å²) in [5.41, 5.74) is 0.656. The van der Waals surface area contributed by atoms with E-state index in [0.29, 0.717) is 18.7 Å². The van der Waals surface area contributed by atoms with Crippen LogP contribution in [-0.4, -0.2) is 43.1 Å². The largest absolute Gasteiger partial charge is 0.508 e. The first-order chi connectivity index (χ1) is 10.0. The zero-order valence-electron chi connectivity index (χ0n) is 12.1. The van der Waals surface area contributed by atoms with Crippen LogP contribution in [0.4, 0.5) is 4.79 Å². The van der Waals surface area contributed by atoms with Gasteiger partial charge in [-0.05, 0) is 30.5 Å². The van der Waals surface area contributed by atoms with Crippen LogP contribution in [0.25, 0.3) is 0 Å². The fraction of sp³-hybridized carbons (Fsp3) is 0.533. The van der Waals surface area contributed by atoms with E-state index in [2.05, 4.69) is 10.6 Å². The second-order valence-corrected chi connectivity index (χ2v) is 5.61. The number of phenolic OH excluding ortho intramolecular Hbond substituents is 1. The first-order valence-corrected chi connectivity index (χ1v) is 7.02. The van der Waals surface area contributed by atoms with Gasteiger partial charge in [-0.25, -0.2) is 4.79 Å². The van der Waals surface area contributed by atoms with Crippen molar-refractivity contribution in [1.82, 2.24) is 10.6 Å². The van der Waals surface area contributed by atoms with Gasteiger partial charge in [0.1, 0.15) is 5.75 Å². The Hall–Kier alpha value is -1.79. The molecule has 0 unspecified atom stereocenters. The summed E-state index contributed by atoms with van der Waals surface area (Å²) in [6.45, 7) is 1.32. The molecule has 2 amide bonds. The lowest BCUT2D eigenvalue weighted by atomic mass is 10.1. The van der Waals surface area contributed by atoms with Crippen molar-refractivity contribution in [3.63, 3.8) is 0 Å². The molecule has 2 rings (SSSR count). The van der Waals surface area contributed by atoms with Crippen LogP contribution in [0.5, 0.6) is 5.75 Å². The van der Waals surface area contributed by atoms with Gasteiger partial charge in [-0.2, -0.15) is 0 Å². The van der Waals surface area contributed by atoms with Crippen molar-refractivity contribution in [2.45, 2.75) is 18.9 Å². The molecule has 0 bridgehead atoms. The van der Waals surface area contributed by atoms with Gasteiger partial charge in [-0.15, -0.1) is 0 Å². The number of methoxy groups -OCH3 is 1. The Morgan fingerprint density at radius 3 is 2.81 bits per heavy atom. The smallest absolute Gasteiger partial charge is 0.314 e.